The standard InChI is InChI=1S/C14H12Cl2N4O2S/c15-8-2-3-9(10(16)6-8)11(7-12(21)22)19-14(23)20-13-17-4-1-5-18-13/h1-6,11H,7H2,(H,21,22)(H2,17,18,19,20,23)/t11-/m0/s1. The largest absolute Gasteiger partial charge is 0.481 e. The number of rotatable bonds is 5. The first-order chi connectivity index (χ1) is 11.0. The van der Waals surface area contributed by atoms with Gasteiger partial charge in [0.1, 0.15) is 0 Å². The SMILES string of the molecule is O=C(O)C[C@H](NC(=S)Nc1ncccn1)c1ccc(Cl)cc1Cl. The third kappa shape index (κ3) is 5.31. The van der Waals surface area contributed by atoms with Crippen LogP contribution >= 0.6 is 35.4 Å². The second kappa shape index (κ2) is 8.05. The molecular weight excluding hydrogens is 359 g/mol. The fourth-order valence-electron chi connectivity index (χ4n) is 1.86. The highest BCUT2D eigenvalue weighted by Crippen LogP contribution is 2.28. The summed E-state index contributed by atoms with van der Waals surface area (Å²) < 4.78 is 0. The zero-order chi connectivity index (χ0) is 16.8. The lowest BCUT2D eigenvalue weighted by Gasteiger charge is -2.20. The van der Waals surface area contributed by atoms with Crippen molar-refractivity contribution >= 4 is 52.4 Å². The first-order valence-electron chi connectivity index (χ1n) is 6.47. The number of anilines is 1. The Morgan fingerprint density at radius 1 is 1.30 bits per heavy atom. The van der Waals surface area contributed by atoms with Crippen molar-refractivity contribution in [3.05, 3.63) is 52.3 Å². The quantitative estimate of drug-likeness (QED) is 0.696. The number of benzene rings is 1. The van der Waals surface area contributed by atoms with Crippen molar-refractivity contribution in [2.24, 2.45) is 0 Å². The average Bonchev–Trinajstić information content (AvgIpc) is 2.47. The van der Waals surface area contributed by atoms with Crippen molar-refractivity contribution in [3.8, 4) is 0 Å². The lowest BCUT2D eigenvalue weighted by molar-refractivity contribution is -0.137. The van der Waals surface area contributed by atoms with Crippen LogP contribution in [0.3, 0.4) is 0 Å². The molecule has 9 heteroatoms. The second-order valence-corrected chi connectivity index (χ2v) is 5.74. The number of aliphatic carboxylic acids is 1. The van der Waals surface area contributed by atoms with E-state index in [2.05, 4.69) is 20.6 Å². The number of thiocarbonyl (C=S) groups is 1. The number of nitrogens with zero attached hydrogens (tertiary/aromatic N) is 2. The van der Waals surface area contributed by atoms with E-state index in [1.807, 2.05) is 0 Å². The molecule has 0 radical (unpaired) electrons. The van der Waals surface area contributed by atoms with Crippen LogP contribution in [0.25, 0.3) is 0 Å². The van der Waals surface area contributed by atoms with Gasteiger partial charge >= 0.3 is 5.97 Å². The number of hydrogen-bond acceptors (Lipinski definition) is 4. The van der Waals surface area contributed by atoms with E-state index >= 15 is 0 Å². The normalized spacial score (nSPS) is 11.6. The van der Waals surface area contributed by atoms with Crippen LogP contribution in [0.5, 0.6) is 0 Å². The molecule has 2 aromatic rings. The lowest BCUT2D eigenvalue weighted by Crippen LogP contribution is -2.34. The number of nitrogens with one attached hydrogen (secondary N) is 2. The highest BCUT2D eigenvalue weighted by atomic mass is 35.5. The number of carboxylic acids is 1. The van der Waals surface area contributed by atoms with E-state index in [0.29, 0.717) is 21.6 Å². The first-order valence-corrected chi connectivity index (χ1v) is 7.63. The van der Waals surface area contributed by atoms with Gasteiger partial charge in [0.25, 0.3) is 0 Å². The Morgan fingerprint density at radius 2 is 2.00 bits per heavy atom. The summed E-state index contributed by atoms with van der Waals surface area (Å²) in [5, 5.41) is 15.8. The third-order valence-electron chi connectivity index (χ3n) is 2.81. The van der Waals surface area contributed by atoms with E-state index in [9.17, 15) is 4.79 Å². The molecule has 23 heavy (non-hydrogen) atoms. The minimum atomic E-state index is -0.993. The van der Waals surface area contributed by atoms with Crippen molar-refractivity contribution in [1.82, 2.24) is 15.3 Å². The van der Waals surface area contributed by atoms with Crippen molar-refractivity contribution < 1.29 is 9.90 Å². The monoisotopic (exact) mass is 370 g/mol. The predicted octanol–water partition coefficient (Wildman–Crippen LogP) is 3.29. The summed E-state index contributed by atoms with van der Waals surface area (Å²) in [6.45, 7) is 0. The molecule has 1 aromatic carbocycles. The molecule has 0 amide bonds. The smallest absolute Gasteiger partial charge is 0.305 e. The molecule has 0 aliphatic carbocycles. The summed E-state index contributed by atoms with van der Waals surface area (Å²) in [7, 11) is 0. The maximum atomic E-state index is 11.1. The van der Waals surface area contributed by atoms with Crippen LogP contribution in [0.1, 0.15) is 18.0 Å². The maximum absolute atomic E-state index is 11.1. The fraction of sp³-hybridized carbons (Fsp3) is 0.143. The topological polar surface area (TPSA) is 87.1 Å². The highest BCUT2D eigenvalue weighted by Gasteiger charge is 2.19. The molecule has 6 nitrogen and oxygen atoms in total. The zero-order valence-electron chi connectivity index (χ0n) is 11.7. The number of hydrogen-bond donors (Lipinski definition) is 3. The molecule has 1 heterocycles. The van der Waals surface area contributed by atoms with Crippen molar-refractivity contribution in [3.63, 3.8) is 0 Å². The van der Waals surface area contributed by atoms with Crippen LogP contribution in [0, 0.1) is 0 Å². The summed E-state index contributed by atoms with van der Waals surface area (Å²) >= 11 is 17.2. The fourth-order valence-corrected chi connectivity index (χ4v) is 2.63. The number of carboxylic acid groups (broad SMARTS) is 1. The molecule has 0 aliphatic heterocycles. The highest BCUT2D eigenvalue weighted by molar-refractivity contribution is 7.80. The van der Waals surface area contributed by atoms with Gasteiger partial charge in [-0.3, -0.25) is 4.79 Å². The summed E-state index contributed by atoms with van der Waals surface area (Å²) in [4.78, 5) is 19.1. The Labute approximate surface area is 147 Å². The molecule has 0 saturated heterocycles. The average molecular weight is 371 g/mol. The van der Waals surface area contributed by atoms with Gasteiger partial charge in [0.2, 0.25) is 5.95 Å². The Balaban J connectivity index is 2.15. The van der Waals surface area contributed by atoms with Crippen molar-refractivity contribution in [2.45, 2.75) is 12.5 Å². The van der Waals surface area contributed by atoms with Crippen molar-refractivity contribution in [1.29, 1.82) is 0 Å². The molecule has 120 valence electrons. The summed E-state index contributed by atoms with van der Waals surface area (Å²) in [6, 6.07) is 5.89. The van der Waals surface area contributed by atoms with E-state index < -0.39 is 12.0 Å². The second-order valence-electron chi connectivity index (χ2n) is 4.49. The minimum absolute atomic E-state index is 0.188. The predicted molar refractivity (Wildman–Crippen MR) is 92.8 cm³/mol. The molecule has 1 atom stereocenters. The molecule has 3 N–H and O–H groups in total. The Kier molecular flexibility index (Phi) is 6.09. The van der Waals surface area contributed by atoms with Crippen LogP contribution in [0.4, 0.5) is 5.95 Å². The molecule has 0 spiro atoms. The van der Waals surface area contributed by atoms with E-state index in [-0.39, 0.29) is 11.5 Å². The molecule has 0 fully saturated rings. The molecule has 0 saturated carbocycles. The van der Waals surface area contributed by atoms with Gasteiger partial charge in [-0.25, -0.2) is 9.97 Å². The maximum Gasteiger partial charge on any atom is 0.305 e. The summed E-state index contributed by atoms with van der Waals surface area (Å²) in [6.07, 6.45) is 2.91. The van der Waals surface area contributed by atoms with E-state index in [1.165, 1.54) is 0 Å². The van der Waals surface area contributed by atoms with Gasteiger partial charge in [-0.1, -0.05) is 29.3 Å². The van der Waals surface area contributed by atoms with Gasteiger partial charge in [0.15, 0.2) is 5.11 Å². The van der Waals surface area contributed by atoms with E-state index in [4.69, 9.17) is 40.5 Å². The molecule has 0 bridgehead atoms. The van der Waals surface area contributed by atoms with E-state index in [0.717, 1.165) is 0 Å². The first kappa shape index (κ1) is 17.4. The number of aromatic nitrogens is 2. The van der Waals surface area contributed by atoms with Crippen LogP contribution < -0.4 is 10.6 Å². The summed E-state index contributed by atoms with van der Waals surface area (Å²) in [5.74, 6) is -0.687. The van der Waals surface area contributed by atoms with Crippen LogP contribution in [0.2, 0.25) is 10.0 Å². The molecule has 2 rings (SSSR count). The van der Waals surface area contributed by atoms with Gasteiger partial charge in [-0.15, -0.1) is 0 Å². The van der Waals surface area contributed by atoms with Gasteiger partial charge in [0.05, 0.1) is 12.5 Å². The Bertz CT molecular complexity index is 715. The summed E-state index contributed by atoms with van der Waals surface area (Å²) in [5.41, 5.74) is 0.580. The zero-order valence-corrected chi connectivity index (χ0v) is 14.0. The van der Waals surface area contributed by atoms with Crippen LogP contribution in [-0.4, -0.2) is 26.2 Å². The van der Waals surface area contributed by atoms with Crippen LogP contribution in [-0.2, 0) is 4.79 Å². The molecule has 0 aliphatic rings. The Morgan fingerprint density at radius 3 is 2.61 bits per heavy atom. The number of halogens is 2. The van der Waals surface area contributed by atoms with Gasteiger partial charge in [-0.05, 0) is 36.0 Å². The van der Waals surface area contributed by atoms with Gasteiger partial charge in [-0.2, -0.15) is 0 Å². The molecule has 1 aromatic heterocycles. The van der Waals surface area contributed by atoms with E-state index in [1.54, 1.807) is 36.7 Å². The van der Waals surface area contributed by atoms with Crippen molar-refractivity contribution in [2.75, 3.05) is 5.32 Å². The molecular formula is C14H12Cl2N4O2S. The Hall–Kier alpha value is -1.96. The van der Waals surface area contributed by atoms with Gasteiger partial charge < -0.3 is 15.7 Å². The molecule has 0 unspecified atom stereocenters. The lowest BCUT2D eigenvalue weighted by atomic mass is 10.0. The van der Waals surface area contributed by atoms with Crippen LogP contribution in [0.15, 0.2) is 36.7 Å². The minimum Gasteiger partial charge on any atom is -0.481 e. The number of carbonyl (C=O) groups is 1. The third-order valence-corrected chi connectivity index (χ3v) is 3.60. The van der Waals surface area contributed by atoms with Gasteiger partial charge in [0, 0.05) is 22.4 Å².